The fourth-order valence-electron chi connectivity index (χ4n) is 2.40. The zero-order valence-corrected chi connectivity index (χ0v) is 9.46. The van der Waals surface area contributed by atoms with Gasteiger partial charge in [0.25, 0.3) is 0 Å². The molecule has 0 aromatic rings. The number of aliphatic hydroxyl groups is 1. The quantitative estimate of drug-likeness (QED) is 0.610. The van der Waals surface area contributed by atoms with Gasteiger partial charge in [-0.2, -0.15) is 0 Å². The van der Waals surface area contributed by atoms with Crippen LogP contribution >= 0.6 is 0 Å². The maximum absolute atomic E-state index is 10.2. The van der Waals surface area contributed by atoms with Crippen LogP contribution in [0.2, 0.25) is 0 Å². The molecule has 2 aliphatic rings. The monoisotopic (exact) mass is 214 g/mol. The van der Waals surface area contributed by atoms with E-state index < -0.39 is 5.60 Å². The first-order valence-corrected chi connectivity index (χ1v) is 5.99. The van der Waals surface area contributed by atoms with Gasteiger partial charge in [-0.3, -0.25) is 0 Å². The number of hydrogen-bond acceptors (Lipinski definition) is 4. The summed E-state index contributed by atoms with van der Waals surface area (Å²) in [5.41, 5.74) is -0.654. The van der Waals surface area contributed by atoms with Crippen LogP contribution in [0.4, 0.5) is 0 Å². The Morgan fingerprint density at radius 1 is 1.60 bits per heavy atom. The van der Waals surface area contributed by atoms with E-state index in [1.165, 1.54) is 12.8 Å². The molecule has 88 valence electrons. The largest absolute Gasteiger partial charge is 0.386 e. The van der Waals surface area contributed by atoms with Crippen LogP contribution in [0.15, 0.2) is 0 Å². The first-order valence-electron chi connectivity index (χ1n) is 5.99. The predicted molar refractivity (Wildman–Crippen MR) is 58.9 cm³/mol. The highest BCUT2D eigenvalue weighted by Gasteiger charge is 2.39. The van der Waals surface area contributed by atoms with Gasteiger partial charge in [-0.05, 0) is 26.3 Å². The van der Waals surface area contributed by atoms with Gasteiger partial charge < -0.3 is 20.5 Å². The van der Waals surface area contributed by atoms with Crippen molar-refractivity contribution in [3.05, 3.63) is 0 Å². The van der Waals surface area contributed by atoms with Crippen molar-refractivity contribution in [2.75, 3.05) is 26.2 Å². The van der Waals surface area contributed by atoms with Gasteiger partial charge in [0.2, 0.25) is 0 Å². The molecule has 0 spiro atoms. The Bertz CT molecular complexity index is 207. The molecular formula is C11H22N2O2. The van der Waals surface area contributed by atoms with Crippen molar-refractivity contribution in [1.82, 2.24) is 10.6 Å². The van der Waals surface area contributed by atoms with E-state index >= 15 is 0 Å². The molecule has 2 heterocycles. The van der Waals surface area contributed by atoms with Gasteiger partial charge in [0, 0.05) is 32.2 Å². The molecule has 3 unspecified atom stereocenters. The summed E-state index contributed by atoms with van der Waals surface area (Å²) in [6.07, 6.45) is 3.23. The second-order valence-electron chi connectivity index (χ2n) is 4.79. The summed E-state index contributed by atoms with van der Waals surface area (Å²) in [5.74, 6) is 0. The molecular weight excluding hydrogens is 192 g/mol. The molecule has 2 aliphatic heterocycles. The molecule has 2 rings (SSSR count). The van der Waals surface area contributed by atoms with E-state index in [4.69, 9.17) is 4.74 Å². The fourth-order valence-corrected chi connectivity index (χ4v) is 2.40. The third kappa shape index (κ3) is 2.69. The lowest BCUT2D eigenvalue weighted by Gasteiger charge is -2.27. The minimum atomic E-state index is -0.654. The Labute approximate surface area is 91.4 Å². The molecule has 3 N–H and O–H groups in total. The summed E-state index contributed by atoms with van der Waals surface area (Å²) >= 11 is 0. The highest BCUT2D eigenvalue weighted by molar-refractivity contribution is 4.92. The van der Waals surface area contributed by atoms with Crippen molar-refractivity contribution < 1.29 is 9.84 Å². The Kier molecular flexibility index (Phi) is 3.61. The Morgan fingerprint density at radius 3 is 3.07 bits per heavy atom. The van der Waals surface area contributed by atoms with Crippen molar-refractivity contribution in [2.45, 2.75) is 43.9 Å². The smallest absolute Gasteiger partial charge is 0.105 e. The van der Waals surface area contributed by atoms with Crippen molar-refractivity contribution in [1.29, 1.82) is 0 Å². The lowest BCUT2D eigenvalue weighted by Crippen LogP contribution is -2.48. The maximum atomic E-state index is 10.2. The van der Waals surface area contributed by atoms with Crippen molar-refractivity contribution in [3.8, 4) is 0 Å². The predicted octanol–water partition coefficient (Wildman–Crippen LogP) is -0.132. The van der Waals surface area contributed by atoms with Gasteiger partial charge in [-0.15, -0.1) is 0 Å². The molecule has 2 fully saturated rings. The van der Waals surface area contributed by atoms with E-state index in [0.29, 0.717) is 19.2 Å². The van der Waals surface area contributed by atoms with Crippen molar-refractivity contribution >= 4 is 0 Å². The Hall–Kier alpha value is -0.160. The molecule has 0 aromatic carbocycles. The average molecular weight is 214 g/mol. The van der Waals surface area contributed by atoms with E-state index in [0.717, 1.165) is 19.5 Å². The van der Waals surface area contributed by atoms with Gasteiger partial charge >= 0.3 is 0 Å². The molecule has 0 aromatic heterocycles. The molecule has 0 bridgehead atoms. The summed E-state index contributed by atoms with van der Waals surface area (Å²) in [6, 6.07) is 0.589. The lowest BCUT2D eigenvalue weighted by molar-refractivity contribution is -0.0262. The van der Waals surface area contributed by atoms with Crippen LogP contribution in [0.1, 0.15) is 26.2 Å². The SMILES string of the molecule is CC1OCCC1(O)CNCC1CCCN1. The lowest BCUT2D eigenvalue weighted by atomic mass is 9.96. The topological polar surface area (TPSA) is 53.5 Å². The fraction of sp³-hybridized carbons (Fsp3) is 1.00. The van der Waals surface area contributed by atoms with Crippen LogP contribution < -0.4 is 10.6 Å². The molecule has 0 saturated carbocycles. The van der Waals surface area contributed by atoms with E-state index in [2.05, 4.69) is 10.6 Å². The summed E-state index contributed by atoms with van der Waals surface area (Å²) in [7, 11) is 0. The third-order valence-corrected chi connectivity index (χ3v) is 3.64. The van der Waals surface area contributed by atoms with E-state index in [1.807, 2.05) is 6.92 Å². The van der Waals surface area contributed by atoms with Gasteiger partial charge in [-0.25, -0.2) is 0 Å². The van der Waals surface area contributed by atoms with Gasteiger partial charge in [0.1, 0.15) is 5.60 Å². The number of nitrogens with one attached hydrogen (secondary N) is 2. The van der Waals surface area contributed by atoms with Crippen molar-refractivity contribution in [3.63, 3.8) is 0 Å². The molecule has 0 amide bonds. The van der Waals surface area contributed by atoms with E-state index in [1.54, 1.807) is 0 Å². The summed E-state index contributed by atoms with van der Waals surface area (Å²) in [6.45, 7) is 5.36. The molecule has 0 radical (unpaired) electrons. The second-order valence-corrected chi connectivity index (χ2v) is 4.79. The molecule has 3 atom stereocenters. The highest BCUT2D eigenvalue weighted by atomic mass is 16.5. The first kappa shape index (κ1) is 11.3. The zero-order chi connectivity index (χ0) is 10.7. The molecule has 15 heavy (non-hydrogen) atoms. The van der Waals surface area contributed by atoms with Crippen LogP contribution in [0.25, 0.3) is 0 Å². The molecule has 0 aliphatic carbocycles. The summed E-state index contributed by atoms with van der Waals surface area (Å²) < 4.78 is 5.39. The van der Waals surface area contributed by atoms with Crippen LogP contribution in [0, 0.1) is 0 Å². The molecule has 2 saturated heterocycles. The van der Waals surface area contributed by atoms with Gasteiger partial charge in [0.05, 0.1) is 6.10 Å². The number of ether oxygens (including phenoxy) is 1. The minimum Gasteiger partial charge on any atom is -0.386 e. The maximum Gasteiger partial charge on any atom is 0.105 e. The minimum absolute atomic E-state index is 0.0402. The Morgan fingerprint density at radius 2 is 2.47 bits per heavy atom. The van der Waals surface area contributed by atoms with Crippen molar-refractivity contribution in [2.24, 2.45) is 0 Å². The third-order valence-electron chi connectivity index (χ3n) is 3.64. The summed E-state index contributed by atoms with van der Waals surface area (Å²) in [4.78, 5) is 0. The zero-order valence-electron chi connectivity index (χ0n) is 9.46. The first-order chi connectivity index (χ1) is 7.21. The highest BCUT2D eigenvalue weighted by Crippen LogP contribution is 2.24. The average Bonchev–Trinajstić information content (AvgIpc) is 2.79. The second kappa shape index (κ2) is 4.78. The standard InChI is InChI=1S/C11H22N2O2/c1-9-11(14,4-6-15-9)8-12-7-10-3-2-5-13-10/h9-10,12-14H,2-8H2,1H3. The summed E-state index contributed by atoms with van der Waals surface area (Å²) in [5, 5.41) is 17.0. The van der Waals surface area contributed by atoms with Gasteiger partial charge in [-0.1, -0.05) is 0 Å². The molecule has 4 nitrogen and oxygen atoms in total. The van der Waals surface area contributed by atoms with Crippen LogP contribution in [0.5, 0.6) is 0 Å². The van der Waals surface area contributed by atoms with Gasteiger partial charge in [0.15, 0.2) is 0 Å². The van der Waals surface area contributed by atoms with E-state index in [9.17, 15) is 5.11 Å². The normalized spacial score (nSPS) is 41.2. The molecule has 4 heteroatoms. The number of rotatable bonds is 4. The van der Waals surface area contributed by atoms with Crippen LogP contribution in [-0.2, 0) is 4.74 Å². The van der Waals surface area contributed by atoms with E-state index in [-0.39, 0.29) is 6.10 Å². The number of hydrogen-bond donors (Lipinski definition) is 3. The Balaban J connectivity index is 1.68. The van der Waals surface area contributed by atoms with Crippen LogP contribution in [-0.4, -0.2) is 49.1 Å². The van der Waals surface area contributed by atoms with Crippen LogP contribution in [0.3, 0.4) is 0 Å².